The Bertz CT molecular complexity index is 651. The van der Waals surface area contributed by atoms with Gasteiger partial charge in [-0.2, -0.15) is 0 Å². The molecular weight excluding hydrogens is 375 g/mol. The number of rotatable bonds is 4. The summed E-state index contributed by atoms with van der Waals surface area (Å²) in [7, 11) is 1.52. The Morgan fingerprint density at radius 3 is 2.46 bits per heavy atom. The van der Waals surface area contributed by atoms with Crippen LogP contribution in [0.1, 0.15) is 45.1 Å². The summed E-state index contributed by atoms with van der Waals surface area (Å²) in [5.41, 5.74) is 0.553. The number of nitrogens with zero attached hydrogens (tertiary/aromatic N) is 2. The van der Waals surface area contributed by atoms with Gasteiger partial charge < -0.3 is 14.5 Å². The summed E-state index contributed by atoms with van der Waals surface area (Å²) in [6.07, 6.45) is 3.24. The molecule has 26 heavy (non-hydrogen) atoms. The third-order valence-electron chi connectivity index (χ3n) is 4.35. The number of ether oxygens (including phenoxy) is 1. The van der Waals surface area contributed by atoms with Gasteiger partial charge in [-0.3, -0.25) is 0 Å². The van der Waals surface area contributed by atoms with E-state index in [0.717, 1.165) is 18.4 Å². The Morgan fingerprint density at radius 2 is 1.92 bits per heavy atom. The fraction of sp³-hybridized carbons (Fsp3) is 0.579. The minimum absolute atomic E-state index is 0.0468. The molecule has 0 bridgehead atoms. The van der Waals surface area contributed by atoms with Gasteiger partial charge in [0.05, 0.1) is 16.3 Å². The van der Waals surface area contributed by atoms with Crippen molar-refractivity contribution in [2.45, 2.75) is 45.1 Å². The maximum absolute atomic E-state index is 12.2. The van der Waals surface area contributed by atoms with E-state index in [9.17, 15) is 4.79 Å². The van der Waals surface area contributed by atoms with Gasteiger partial charge in [-0.15, -0.1) is 0 Å². The highest BCUT2D eigenvalue weighted by Crippen LogP contribution is 2.34. The second-order valence-electron chi connectivity index (χ2n) is 7.44. The Balaban J connectivity index is 2.08. The van der Waals surface area contributed by atoms with E-state index in [1.165, 1.54) is 7.11 Å². The molecule has 1 heterocycles. The first-order valence-electron chi connectivity index (χ1n) is 8.71. The average molecular weight is 401 g/mol. The molecule has 7 heteroatoms. The van der Waals surface area contributed by atoms with Gasteiger partial charge in [0.2, 0.25) is 0 Å². The van der Waals surface area contributed by atoms with Crippen molar-refractivity contribution >= 4 is 35.5 Å². The fourth-order valence-electron chi connectivity index (χ4n) is 3.09. The molecule has 0 spiro atoms. The lowest BCUT2D eigenvalue weighted by Crippen LogP contribution is -2.42. The van der Waals surface area contributed by atoms with Gasteiger partial charge >= 0.3 is 6.09 Å². The van der Waals surface area contributed by atoms with Gasteiger partial charge in [0.15, 0.2) is 0 Å². The minimum atomic E-state index is -0.484. The number of carbonyl (C=O) groups excluding carboxylic acids is 1. The molecule has 1 saturated heterocycles. The maximum atomic E-state index is 12.2. The van der Waals surface area contributed by atoms with Crippen LogP contribution in [0, 0.1) is 5.92 Å². The standard InChI is InChI=1S/C19H26Cl2N2O3/c1-19(2,3)26-18(24)23-9-7-13(8-10-23)15(12-22-25-4)14-5-6-16(20)17(21)11-14/h5-6,11-13,15H,7-10H2,1-4H3/b22-12+. The largest absolute Gasteiger partial charge is 0.444 e. The van der Waals surface area contributed by atoms with Crippen LogP contribution in [0.15, 0.2) is 23.4 Å². The zero-order chi connectivity index (χ0) is 19.3. The molecule has 0 N–H and O–H groups in total. The molecule has 1 amide bonds. The monoisotopic (exact) mass is 400 g/mol. The molecule has 0 aliphatic carbocycles. The molecular formula is C19H26Cl2N2O3. The lowest BCUT2D eigenvalue weighted by molar-refractivity contribution is 0.0181. The summed E-state index contributed by atoms with van der Waals surface area (Å²) >= 11 is 12.2. The van der Waals surface area contributed by atoms with Crippen molar-refractivity contribution in [3.05, 3.63) is 33.8 Å². The van der Waals surface area contributed by atoms with E-state index >= 15 is 0 Å². The molecule has 1 aliphatic rings. The van der Waals surface area contributed by atoms with E-state index in [1.807, 2.05) is 32.9 Å². The van der Waals surface area contributed by atoms with Gasteiger partial charge in [-0.1, -0.05) is 34.4 Å². The van der Waals surface area contributed by atoms with Crippen LogP contribution in [-0.4, -0.2) is 43.0 Å². The number of oxime groups is 1. The quantitative estimate of drug-likeness (QED) is 0.504. The van der Waals surface area contributed by atoms with Crippen LogP contribution in [0.3, 0.4) is 0 Å². The molecule has 0 aromatic heterocycles. The Morgan fingerprint density at radius 1 is 1.27 bits per heavy atom. The second-order valence-corrected chi connectivity index (χ2v) is 8.26. The Hall–Kier alpha value is -1.46. The van der Waals surface area contributed by atoms with Gasteiger partial charge in [-0.05, 0) is 57.2 Å². The molecule has 2 rings (SSSR count). The lowest BCUT2D eigenvalue weighted by Gasteiger charge is -2.35. The summed E-state index contributed by atoms with van der Waals surface area (Å²) in [5, 5.41) is 5.02. The smallest absolute Gasteiger partial charge is 0.410 e. The zero-order valence-corrected chi connectivity index (χ0v) is 17.2. The number of carbonyl (C=O) groups is 1. The predicted octanol–water partition coefficient (Wildman–Crippen LogP) is 5.36. The maximum Gasteiger partial charge on any atom is 0.410 e. The number of benzene rings is 1. The Labute approximate surface area is 165 Å². The van der Waals surface area contributed by atoms with Crippen LogP contribution >= 0.6 is 23.2 Å². The van der Waals surface area contributed by atoms with Gasteiger partial charge in [0.25, 0.3) is 0 Å². The number of hydrogen-bond acceptors (Lipinski definition) is 4. The minimum Gasteiger partial charge on any atom is -0.444 e. The highest BCUT2D eigenvalue weighted by Gasteiger charge is 2.31. The van der Waals surface area contributed by atoms with E-state index in [2.05, 4.69) is 5.16 Å². The molecule has 1 atom stereocenters. The summed E-state index contributed by atoms with van der Waals surface area (Å²) in [4.78, 5) is 18.9. The van der Waals surface area contributed by atoms with Crippen molar-refractivity contribution in [3.63, 3.8) is 0 Å². The van der Waals surface area contributed by atoms with Crippen molar-refractivity contribution in [3.8, 4) is 0 Å². The normalized spacial score (nSPS) is 17.4. The van der Waals surface area contributed by atoms with E-state index < -0.39 is 5.60 Å². The van der Waals surface area contributed by atoms with Crippen LogP contribution in [0.5, 0.6) is 0 Å². The SMILES string of the molecule is CO/N=C/C(c1ccc(Cl)c(Cl)c1)C1CCN(C(=O)OC(C)(C)C)CC1. The van der Waals surface area contributed by atoms with Crippen LogP contribution in [0.4, 0.5) is 4.79 Å². The van der Waals surface area contributed by atoms with Gasteiger partial charge in [-0.25, -0.2) is 4.79 Å². The molecule has 1 aromatic rings. The first-order chi connectivity index (χ1) is 12.2. The average Bonchev–Trinajstić information content (AvgIpc) is 2.57. The molecule has 1 aromatic carbocycles. The molecule has 5 nitrogen and oxygen atoms in total. The number of piperidine rings is 1. The molecule has 1 aliphatic heterocycles. The number of hydrogen-bond donors (Lipinski definition) is 0. The molecule has 1 unspecified atom stereocenters. The van der Waals surface area contributed by atoms with Crippen molar-refractivity contribution in [2.24, 2.45) is 11.1 Å². The predicted molar refractivity (Wildman–Crippen MR) is 105 cm³/mol. The van der Waals surface area contributed by atoms with Crippen molar-refractivity contribution < 1.29 is 14.4 Å². The summed E-state index contributed by atoms with van der Waals surface area (Å²) in [6.45, 7) is 6.92. The van der Waals surface area contributed by atoms with E-state index in [0.29, 0.717) is 29.1 Å². The van der Waals surface area contributed by atoms with Crippen LogP contribution in [0.25, 0.3) is 0 Å². The van der Waals surface area contributed by atoms with Crippen LogP contribution in [-0.2, 0) is 9.57 Å². The number of halogens is 2. The van der Waals surface area contributed by atoms with Gasteiger partial charge in [0.1, 0.15) is 12.7 Å². The van der Waals surface area contributed by atoms with Gasteiger partial charge in [0, 0.05) is 19.0 Å². The van der Waals surface area contributed by atoms with Crippen LogP contribution in [0.2, 0.25) is 10.0 Å². The third kappa shape index (κ3) is 5.78. The fourth-order valence-corrected chi connectivity index (χ4v) is 3.40. The van der Waals surface area contributed by atoms with Crippen molar-refractivity contribution in [2.75, 3.05) is 20.2 Å². The van der Waals surface area contributed by atoms with Crippen molar-refractivity contribution in [1.82, 2.24) is 4.90 Å². The first-order valence-corrected chi connectivity index (χ1v) is 9.46. The highest BCUT2D eigenvalue weighted by atomic mass is 35.5. The van der Waals surface area contributed by atoms with Crippen LogP contribution < -0.4 is 0 Å². The second kappa shape index (κ2) is 8.96. The zero-order valence-electron chi connectivity index (χ0n) is 15.7. The molecule has 1 fully saturated rings. The van der Waals surface area contributed by atoms with E-state index in [4.69, 9.17) is 32.8 Å². The number of amides is 1. The summed E-state index contributed by atoms with van der Waals surface area (Å²) in [5.74, 6) is 0.371. The molecule has 0 radical (unpaired) electrons. The lowest BCUT2D eigenvalue weighted by atomic mass is 9.81. The van der Waals surface area contributed by atoms with E-state index in [1.54, 1.807) is 17.2 Å². The van der Waals surface area contributed by atoms with Crippen molar-refractivity contribution in [1.29, 1.82) is 0 Å². The third-order valence-corrected chi connectivity index (χ3v) is 5.09. The summed E-state index contributed by atoms with van der Waals surface area (Å²) < 4.78 is 5.46. The highest BCUT2D eigenvalue weighted by molar-refractivity contribution is 6.42. The topological polar surface area (TPSA) is 51.1 Å². The Kier molecular flexibility index (Phi) is 7.18. The molecule has 0 saturated carbocycles. The number of likely N-dealkylation sites (tertiary alicyclic amines) is 1. The summed E-state index contributed by atoms with van der Waals surface area (Å²) in [6, 6.07) is 5.62. The van der Waals surface area contributed by atoms with E-state index in [-0.39, 0.29) is 12.0 Å². The molecule has 144 valence electrons. The first kappa shape index (κ1) is 20.8.